The summed E-state index contributed by atoms with van der Waals surface area (Å²) < 4.78 is 5.56. The molecule has 0 saturated carbocycles. The molecule has 2 N–H and O–H groups in total. The zero-order valence-corrected chi connectivity index (χ0v) is 13.4. The van der Waals surface area contributed by atoms with Crippen LogP contribution in [-0.2, 0) is 22.6 Å². The lowest BCUT2D eigenvalue weighted by atomic mass is 10.1. The number of hydrogen-bond acceptors (Lipinski definition) is 3. The SMILES string of the molecule is O=C(CCCOc1ccccc1)NCc1ccc2c(c1)CC(=O)N2. The van der Waals surface area contributed by atoms with Gasteiger partial charge in [-0.15, -0.1) is 0 Å². The summed E-state index contributed by atoms with van der Waals surface area (Å²) in [6, 6.07) is 15.3. The van der Waals surface area contributed by atoms with Gasteiger partial charge in [-0.2, -0.15) is 0 Å². The zero-order chi connectivity index (χ0) is 16.8. The van der Waals surface area contributed by atoms with Gasteiger partial charge < -0.3 is 15.4 Å². The molecule has 124 valence electrons. The highest BCUT2D eigenvalue weighted by atomic mass is 16.5. The number of hydrogen-bond donors (Lipinski definition) is 2. The predicted octanol–water partition coefficient (Wildman–Crippen LogP) is 2.66. The molecule has 1 heterocycles. The molecular weight excluding hydrogens is 304 g/mol. The second kappa shape index (κ2) is 7.64. The Morgan fingerprint density at radius 3 is 2.83 bits per heavy atom. The first kappa shape index (κ1) is 16.1. The number of anilines is 1. The van der Waals surface area contributed by atoms with Crippen LogP contribution in [0.4, 0.5) is 5.69 Å². The fourth-order valence-electron chi connectivity index (χ4n) is 2.62. The summed E-state index contributed by atoms with van der Waals surface area (Å²) in [4.78, 5) is 23.2. The van der Waals surface area contributed by atoms with Crippen LogP contribution in [0.3, 0.4) is 0 Å². The van der Waals surface area contributed by atoms with Crippen molar-refractivity contribution >= 4 is 17.5 Å². The van der Waals surface area contributed by atoms with E-state index in [-0.39, 0.29) is 11.8 Å². The molecule has 0 spiro atoms. The van der Waals surface area contributed by atoms with Gasteiger partial charge in [0.15, 0.2) is 0 Å². The van der Waals surface area contributed by atoms with Crippen molar-refractivity contribution in [3.05, 3.63) is 59.7 Å². The van der Waals surface area contributed by atoms with E-state index in [9.17, 15) is 9.59 Å². The second-order valence-electron chi connectivity index (χ2n) is 5.76. The molecule has 0 aliphatic carbocycles. The summed E-state index contributed by atoms with van der Waals surface area (Å²) in [5.41, 5.74) is 2.86. The second-order valence-corrected chi connectivity index (χ2v) is 5.76. The van der Waals surface area contributed by atoms with Gasteiger partial charge in [0, 0.05) is 18.7 Å². The number of para-hydroxylation sites is 1. The number of fused-ring (bicyclic) bond motifs is 1. The lowest BCUT2D eigenvalue weighted by Gasteiger charge is -2.08. The first-order chi connectivity index (χ1) is 11.7. The lowest BCUT2D eigenvalue weighted by Crippen LogP contribution is -2.23. The Morgan fingerprint density at radius 1 is 1.17 bits per heavy atom. The molecule has 0 saturated heterocycles. The van der Waals surface area contributed by atoms with Crippen LogP contribution < -0.4 is 15.4 Å². The first-order valence-corrected chi connectivity index (χ1v) is 8.07. The van der Waals surface area contributed by atoms with Gasteiger partial charge in [-0.05, 0) is 35.7 Å². The van der Waals surface area contributed by atoms with Gasteiger partial charge in [0.2, 0.25) is 11.8 Å². The molecule has 0 fully saturated rings. The van der Waals surface area contributed by atoms with Crippen molar-refractivity contribution in [2.45, 2.75) is 25.8 Å². The van der Waals surface area contributed by atoms with Crippen molar-refractivity contribution < 1.29 is 14.3 Å². The number of rotatable bonds is 7. The highest BCUT2D eigenvalue weighted by Crippen LogP contribution is 2.23. The molecule has 0 radical (unpaired) electrons. The average molecular weight is 324 g/mol. The molecule has 24 heavy (non-hydrogen) atoms. The molecule has 2 amide bonds. The van der Waals surface area contributed by atoms with Gasteiger partial charge in [-0.3, -0.25) is 9.59 Å². The minimum atomic E-state index is 0.00126. The Bertz CT molecular complexity index is 729. The zero-order valence-electron chi connectivity index (χ0n) is 13.4. The highest BCUT2D eigenvalue weighted by molar-refractivity contribution is 5.99. The number of amides is 2. The van der Waals surface area contributed by atoms with E-state index in [1.54, 1.807) is 0 Å². The first-order valence-electron chi connectivity index (χ1n) is 8.07. The summed E-state index contributed by atoms with van der Waals surface area (Å²) in [5.74, 6) is 0.838. The number of nitrogens with one attached hydrogen (secondary N) is 2. The summed E-state index contributed by atoms with van der Waals surface area (Å²) >= 11 is 0. The molecule has 0 unspecified atom stereocenters. The minimum absolute atomic E-state index is 0.00126. The largest absolute Gasteiger partial charge is 0.494 e. The maximum Gasteiger partial charge on any atom is 0.228 e. The maximum absolute atomic E-state index is 11.9. The van der Waals surface area contributed by atoms with E-state index in [1.165, 1.54) is 0 Å². The van der Waals surface area contributed by atoms with Crippen LogP contribution in [-0.4, -0.2) is 18.4 Å². The molecular formula is C19H20N2O3. The van der Waals surface area contributed by atoms with Crippen LogP contribution >= 0.6 is 0 Å². The third-order valence-corrected chi connectivity index (χ3v) is 3.84. The Kier molecular flexibility index (Phi) is 5.11. The molecule has 5 nitrogen and oxygen atoms in total. The van der Waals surface area contributed by atoms with Gasteiger partial charge >= 0.3 is 0 Å². The van der Waals surface area contributed by atoms with Crippen molar-refractivity contribution in [2.75, 3.05) is 11.9 Å². The number of benzene rings is 2. The quantitative estimate of drug-likeness (QED) is 0.770. The van der Waals surface area contributed by atoms with Crippen molar-refractivity contribution in [3.63, 3.8) is 0 Å². The number of ether oxygens (including phenoxy) is 1. The number of carbonyl (C=O) groups is 2. The van der Waals surface area contributed by atoms with E-state index in [1.807, 2.05) is 48.5 Å². The monoisotopic (exact) mass is 324 g/mol. The molecule has 1 aliphatic rings. The molecule has 0 bridgehead atoms. The van der Waals surface area contributed by atoms with Crippen LogP contribution in [0.15, 0.2) is 48.5 Å². The van der Waals surface area contributed by atoms with E-state index >= 15 is 0 Å². The van der Waals surface area contributed by atoms with Crippen LogP contribution in [0.25, 0.3) is 0 Å². The molecule has 0 aromatic heterocycles. The Morgan fingerprint density at radius 2 is 2.00 bits per heavy atom. The maximum atomic E-state index is 11.9. The molecule has 3 rings (SSSR count). The van der Waals surface area contributed by atoms with Crippen molar-refractivity contribution in [1.82, 2.24) is 5.32 Å². The van der Waals surface area contributed by atoms with Crippen LogP contribution in [0.2, 0.25) is 0 Å². The van der Waals surface area contributed by atoms with Gasteiger partial charge in [0.1, 0.15) is 5.75 Å². The molecule has 1 aliphatic heterocycles. The lowest BCUT2D eigenvalue weighted by molar-refractivity contribution is -0.121. The van der Waals surface area contributed by atoms with Crippen molar-refractivity contribution in [1.29, 1.82) is 0 Å². The predicted molar refractivity (Wildman–Crippen MR) is 91.8 cm³/mol. The van der Waals surface area contributed by atoms with E-state index in [2.05, 4.69) is 10.6 Å². The highest BCUT2D eigenvalue weighted by Gasteiger charge is 2.17. The van der Waals surface area contributed by atoms with Crippen LogP contribution in [0, 0.1) is 0 Å². The Balaban J connectivity index is 1.37. The van der Waals surface area contributed by atoms with Gasteiger partial charge in [-0.1, -0.05) is 30.3 Å². The Labute approximate surface area is 141 Å². The van der Waals surface area contributed by atoms with Crippen molar-refractivity contribution in [2.24, 2.45) is 0 Å². The smallest absolute Gasteiger partial charge is 0.228 e. The van der Waals surface area contributed by atoms with E-state index in [0.717, 1.165) is 22.6 Å². The molecule has 0 atom stereocenters. The summed E-state index contributed by atoms with van der Waals surface area (Å²) in [6.07, 6.45) is 1.51. The summed E-state index contributed by atoms with van der Waals surface area (Å²) in [6.45, 7) is 0.990. The van der Waals surface area contributed by atoms with E-state index in [4.69, 9.17) is 4.74 Å². The van der Waals surface area contributed by atoms with E-state index < -0.39 is 0 Å². The Hall–Kier alpha value is -2.82. The fraction of sp³-hybridized carbons (Fsp3) is 0.263. The normalized spacial score (nSPS) is 12.4. The summed E-state index contributed by atoms with van der Waals surface area (Å²) in [5, 5.41) is 5.70. The van der Waals surface area contributed by atoms with E-state index in [0.29, 0.717) is 32.4 Å². The van der Waals surface area contributed by atoms with Gasteiger partial charge in [0.05, 0.1) is 13.0 Å². The summed E-state index contributed by atoms with van der Waals surface area (Å²) in [7, 11) is 0. The third-order valence-electron chi connectivity index (χ3n) is 3.84. The molecule has 5 heteroatoms. The fourth-order valence-corrected chi connectivity index (χ4v) is 2.62. The standard InChI is InChI=1S/C19H20N2O3/c22-18(7-4-10-24-16-5-2-1-3-6-16)20-13-14-8-9-17-15(11-14)12-19(23)21-17/h1-3,5-6,8-9,11H,4,7,10,12-13H2,(H,20,22)(H,21,23). The van der Waals surface area contributed by atoms with Gasteiger partial charge in [0.25, 0.3) is 0 Å². The number of carbonyl (C=O) groups excluding carboxylic acids is 2. The van der Waals surface area contributed by atoms with Crippen molar-refractivity contribution in [3.8, 4) is 5.75 Å². The van der Waals surface area contributed by atoms with Crippen LogP contribution in [0.5, 0.6) is 5.75 Å². The average Bonchev–Trinajstić information content (AvgIpc) is 2.97. The topological polar surface area (TPSA) is 67.4 Å². The molecule has 2 aromatic carbocycles. The molecule has 2 aromatic rings. The van der Waals surface area contributed by atoms with Gasteiger partial charge in [-0.25, -0.2) is 0 Å². The van der Waals surface area contributed by atoms with Crippen LogP contribution in [0.1, 0.15) is 24.0 Å². The third kappa shape index (κ3) is 4.35. The minimum Gasteiger partial charge on any atom is -0.494 e.